The minimum absolute atomic E-state index is 0.0430. The molecule has 0 saturated heterocycles. The Morgan fingerprint density at radius 1 is 1.21 bits per heavy atom. The normalized spacial score (nSPS) is 14.1. The molecule has 19 heavy (non-hydrogen) atoms. The largest absolute Gasteiger partial charge is 0.468 e. The molecule has 0 aliphatic carbocycles. The number of nitrogens with one attached hydrogen (secondary N) is 1. The summed E-state index contributed by atoms with van der Waals surface area (Å²) in [7, 11) is 1.32. The van der Waals surface area contributed by atoms with Gasteiger partial charge in [0.25, 0.3) is 0 Å². The zero-order valence-corrected chi connectivity index (χ0v) is 11.2. The second kappa shape index (κ2) is 5.75. The molecule has 0 saturated carbocycles. The van der Waals surface area contributed by atoms with Gasteiger partial charge in [-0.25, -0.2) is 4.79 Å². The van der Waals surface area contributed by atoms with Crippen LogP contribution in [-0.2, 0) is 4.74 Å². The van der Waals surface area contributed by atoms with Crippen molar-refractivity contribution in [2.45, 2.75) is 25.9 Å². The average molecular weight is 263 g/mol. The molecule has 2 atom stereocenters. The Bertz CT molecular complexity index is 529. The molecule has 0 spiro atoms. The minimum atomic E-state index is -0.475. The first-order chi connectivity index (χ1) is 9.11. The number of hydrogen-bond acceptors (Lipinski definition) is 5. The smallest absolute Gasteiger partial charge is 0.373 e. The Kier molecular flexibility index (Phi) is 4.06. The Morgan fingerprint density at radius 2 is 1.95 bits per heavy atom. The van der Waals surface area contributed by atoms with Crippen molar-refractivity contribution in [3.63, 3.8) is 0 Å². The lowest BCUT2D eigenvalue weighted by Gasteiger charge is -2.16. The molecular formula is C14H17NO4. The fraction of sp³-hybridized carbons (Fsp3) is 0.357. The summed E-state index contributed by atoms with van der Waals surface area (Å²) in [5.41, 5.74) is 0. The Balaban J connectivity index is 2.01. The zero-order chi connectivity index (χ0) is 13.8. The van der Waals surface area contributed by atoms with Crippen LogP contribution in [0.3, 0.4) is 0 Å². The third-order valence-electron chi connectivity index (χ3n) is 2.91. The monoisotopic (exact) mass is 263 g/mol. The summed E-state index contributed by atoms with van der Waals surface area (Å²) >= 11 is 0. The van der Waals surface area contributed by atoms with Crippen molar-refractivity contribution < 1.29 is 18.4 Å². The number of hydrogen-bond donors (Lipinski definition) is 1. The molecule has 5 nitrogen and oxygen atoms in total. The van der Waals surface area contributed by atoms with E-state index in [0.29, 0.717) is 5.76 Å². The van der Waals surface area contributed by atoms with Crippen LogP contribution in [0, 0.1) is 0 Å². The van der Waals surface area contributed by atoms with Crippen molar-refractivity contribution >= 4 is 5.97 Å². The van der Waals surface area contributed by atoms with Crippen molar-refractivity contribution in [2.24, 2.45) is 0 Å². The third kappa shape index (κ3) is 3.06. The predicted molar refractivity (Wildman–Crippen MR) is 68.7 cm³/mol. The van der Waals surface area contributed by atoms with Gasteiger partial charge >= 0.3 is 5.97 Å². The molecule has 102 valence electrons. The molecule has 0 aliphatic rings. The Labute approximate surface area is 111 Å². The quantitative estimate of drug-likeness (QED) is 0.840. The Morgan fingerprint density at radius 3 is 2.58 bits per heavy atom. The van der Waals surface area contributed by atoms with Crippen molar-refractivity contribution in [2.75, 3.05) is 7.11 Å². The fourth-order valence-electron chi connectivity index (χ4n) is 1.87. The molecule has 5 heteroatoms. The lowest BCUT2D eigenvalue weighted by atomic mass is 10.2. The topological polar surface area (TPSA) is 64.6 Å². The van der Waals surface area contributed by atoms with Gasteiger partial charge in [0.15, 0.2) is 0 Å². The first kappa shape index (κ1) is 13.4. The zero-order valence-electron chi connectivity index (χ0n) is 11.2. The van der Waals surface area contributed by atoms with E-state index in [4.69, 9.17) is 8.83 Å². The van der Waals surface area contributed by atoms with E-state index in [1.165, 1.54) is 7.11 Å². The van der Waals surface area contributed by atoms with Crippen LogP contribution >= 0.6 is 0 Å². The SMILES string of the molecule is COC(=O)c1ccc(C(C)N[C@H](C)c2ccco2)o1. The van der Waals surface area contributed by atoms with Gasteiger partial charge in [-0.2, -0.15) is 0 Å². The van der Waals surface area contributed by atoms with Crippen LogP contribution in [0.2, 0.25) is 0 Å². The molecule has 0 aliphatic heterocycles. The number of carbonyl (C=O) groups is 1. The molecule has 2 aromatic heterocycles. The first-order valence-electron chi connectivity index (χ1n) is 6.09. The van der Waals surface area contributed by atoms with E-state index in [0.717, 1.165) is 5.76 Å². The molecule has 2 heterocycles. The molecular weight excluding hydrogens is 246 g/mol. The Hall–Kier alpha value is -2.01. The van der Waals surface area contributed by atoms with Crippen LogP contribution in [0.1, 0.15) is 48.0 Å². The molecule has 1 unspecified atom stereocenters. The van der Waals surface area contributed by atoms with E-state index in [1.807, 2.05) is 26.0 Å². The first-order valence-corrected chi connectivity index (χ1v) is 6.09. The highest BCUT2D eigenvalue weighted by Crippen LogP contribution is 2.21. The maximum absolute atomic E-state index is 11.3. The van der Waals surface area contributed by atoms with E-state index < -0.39 is 5.97 Å². The number of methoxy groups -OCH3 is 1. The highest BCUT2D eigenvalue weighted by molar-refractivity contribution is 5.86. The molecule has 0 bridgehead atoms. The molecule has 2 aromatic rings. The average Bonchev–Trinajstić information content (AvgIpc) is 3.08. The summed E-state index contributed by atoms with van der Waals surface area (Å²) in [5.74, 6) is 1.26. The summed E-state index contributed by atoms with van der Waals surface area (Å²) in [4.78, 5) is 11.3. The van der Waals surface area contributed by atoms with Gasteiger partial charge in [-0.1, -0.05) is 0 Å². The van der Waals surface area contributed by atoms with E-state index in [9.17, 15) is 4.79 Å². The molecule has 1 N–H and O–H groups in total. The molecule has 0 amide bonds. The second-order valence-electron chi connectivity index (χ2n) is 4.32. The second-order valence-corrected chi connectivity index (χ2v) is 4.32. The van der Waals surface area contributed by atoms with Crippen LogP contribution in [-0.4, -0.2) is 13.1 Å². The van der Waals surface area contributed by atoms with Gasteiger partial charge in [-0.05, 0) is 38.1 Å². The maximum atomic E-state index is 11.3. The predicted octanol–water partition coefficient (Wildman–Crippen LogP) is 3.07. The lowest BCUT2D eigenvalue weighted by molar-refractivity contribution is 0.0562. The number of rotatable bonds is 5. The molecule has 2 rings (SSSR count). The number of furan rings is 2. The van der Waals surface area contributed by atoms with Crippen molar-refractivity contribution in [3.8, 4) is 0 Å². The fourth-order valence-corrected chi connectivity index (χ4v) is 1.87. The van der Waals surface area contributed by atoms with Crippen molar-refractivity contribution in [3.05, 3.63) is 47.8 Å². The van der Waals surface area contributed by atoms with Gasteiger partial charge in [0.05, 0.1) is 25.5 Å². The van der Waals surface area contributed by atoms with Crippen LogP contribution in [0.25, 0.3) is 0 Å². The highest BCUT2D eigenvalue weighted by atomic mass is 16.5. The van der Waals surface area contributed by atoms with Gasteiger partial charge in [0.1, 0.15) is 11.5 Å². The highest BCUT2D eigenvalue weighted by Gasteiger charge is 2.18. The van der Waals surface area contributed by atoms with Gasteiger partial charge in [0, 0.05) is 0 Å². The van der Waals surface area contributed by atoms with Crippen molar-refractivity contribution in [1.29, 1.82) is 0 Å². The number of esters is 1. The third-order valence-corrected chi connectivity index (χ3v) is 2.91. The summed E-state index contributed by atoms with van der Waals surface area (Å²) in [6, 6.07) is 7.14. The standard InChI is InChI=1S/C14H17NO4/c1-9(11-5-4-8-18-11)15-10(2)12-6-7-13(19-12)14(16)17-3/h4-10,15H,1-3H3/t9-,10?/m1/s1. The number of carbonyl (C=O) groups excluding carboxylic acids is 1. The van der Waals surface area contributed by atoms with Crippen molar-refractivity contribution in [1.82, 2.24) is 5.32 Å². The maximum Gasteiger partial charge on any atom is 0.373 e. The van der Waals surface area contributed by atoms with Gasteiger partial charge in [0.2, 0.25) is 5.76 Å². The molecule has 0 aromatic carbocycles. The van der Waals surface area contributed by atoms with Crippen LogP contribution < -0.4 is 5.32 Å². The molecule has 0 radical (unpaired) electrons. The lowest BCUT2D eigenvalue weighted by Crippen LogP contribution is -2.21. The van der Waals surface area contributed by atoms with Crippen LogP contribution in [0.4, 0.5) is 0 Å². The van der Waals surface area contributed by atoms with Gasteiger partial charge < -0.3 is 13.6 Å². The summed E-state index contributed by atoms with van der Waals surface area (Å²) in [5, 5.41) is 3.33. The molecule has 0 fully saturated rings. The minimum Gasteiger partial charge on any atom is -0.468 e. The number of ether oxygens (including phenoxy) is 1. The summed E-state index contributed by atoms with van der Waals surface area (Å²) in [6.07, 6.45) is 1.64. The van der Waals surface area contributed by atoms with Gasteiger partial charge in [-0.3, -0.25) is 5.32 Å². The summed E-state index contributed by atoms with van der Waals surface area (Å²) < 4.78 is 15.4. The van der Waals surface area contributed by atoms with Crippen LogP contribution in [0.15, 0.2) is 39.4 Å². The van der Waals surface area contributed by atoms with E-state index in [1.54, 1.807) is 18.4 Å². The van der Waals surface area contributed by atoms with E-state index in [-0.39, 0.29) is 17.8 Å². The van der Waals surface area contributed by atoms with Crippen LogP contribution in [0.5, 0.6) is 0 Å². The van der Waals surface area contributed by atoms with Gasteiger partial charge in [-0.15, -0.1) is 0 Å². The van der Waals surface area contributed by atoms with E-state index in [2.05, 4.69) is 10.1 Å². The van der Waals surface area contributed by atoms with E-state index >= 15 is 0 Å². The summed E-state index contributed by atoms with van der Waals surface area (Å²) in [6.45, 7) is 3.96.